The van der Waals surface area contributed by atoms with Gasteiger partial charge in [-0.2, -0.15) is 0 Å². The molecular weight excluding hydrogens is 362 g/mol. The highest BCUT2D eigenvalue weighted by molar-refractivity contribution is 5.80. The van der Waals surface area contributed by atoms with E-state index >= 15 is 0 Å². The largest absolute Gasteiger partial charge is 0.493 e. The van der Waals surface area contributed by atoms with Crippen molar-refractivity contribution in [2.75, 3.05) is 31.6 Å². The van der Waals surface area contributed by atoms with Crippen LogP contribution in [0.3, 0.4) is 0 Å². The number of methoxy groups -OCH3 is 1. The van der Waals surface area contributed by atoms with E-state index in [1.165, 1.54) is 12.0 Å². The van der Waals surface area contributed by atoms with E-state index in [4.69, 9.17) is 4.74 Å². The van der Waals surface area contributed by atoms with E-state index in [-0.39, 0.29) is 12.0 Å². The van der Waals surface area contributed by atoms with Gasteiger partial charge in [0.1, 0.15) is 0 Å². The minimum absolute atomic E-state index is 0.174. The van der Waals surface area contributed by atoms with Gasteiger partial charge in [-0.1, -0.05) is 36.8 Å². The first-order chi connectivity index (χ1) is 14.2. The lowest BCUT2D eigenvalue weighted by Crippen LogP contribution is -2.41. The highest BCUT2D eigenvalue weighted by atomic mass is 16.5. The second-order valence-corrected chi connectivity index (χ2v) is 8.75. The lowest BCUT2D eigenvalue weighted by atomic mass is 9.83. The summed E-state index contributed by atoms with van der Waals surface area (Å²) < 4.78 is 5.67. The van der Waals surface area contributed by atoms with Crippen molar-refractivity contribution in [2.45, 2.75) is 32.2 Å². The molecule has 152 valence electrons. The van der Waals surface area contributed by atoms with Crippen LogP contribution in [-0.2, 0) is 4.79 Å². The van der Waals surface area contributed by atoms with Crippen LogP contribution in [0.2, 0.25) is 0 Å². The molecule has 0 radical (unpaired) electrons. The quantitative estimate of drug-likeness (QED) is 0.795. The van der Waals surface area contributed by atoms with Crippen LogP contribution in [-0.4, -0.2) is 42.5 Å². The van der Waals surface area contributed by atoms with Gasteiger partial charge in [-0.3, -0.25) is 9.78 Å². The molecule has 1 aromatic heterocycles. The Morgan fingerprint density at radius 2 is 1.90 bits per heavy atom. The number of benzene rings is 1. The summed E-state index contributed by atoms with van der Waals surface area (Å²) in [7, 11) is 1.72. The minimum atomic E-state index is 0.174. The van der Waals surface area contributed by atoms with Crippen molar-refractivity contribution in [2.24, 2.45) is 17.8 Å². The number of nitrogens with zero attached hydrogens (tertiary/aromatic N) is 3. The van der Waals surface area contributed by atoms with Crippen molar-refractivity contribution in [3.05, 3.63) is 53.9 Å². The lowest BCUT2D eigenvalue weighted by molar-refractivity contribution is -0.139. The zero-order valence-electron chi connectivity index (χ0n) is 17.3. The summed E-state index contributed by atoms with van der Waals surface area (Å²) in [4.78, 5) is 22.2. The topological polar surface area (TPSA) is 45.7 Å². The molecule has 3 aliphatic rings. The molecule has 2 aromatic rings. The molecule has 3 heterocycles. The number of amides is 1. The third-order valence-electron chi connectivity index (χ3n) is 7.15. The SMILES string of the molecule is COc1c(N2C[C@H]3CN(C(=O)C4CCC4)[C@H](c4ccccc4)[C@H]3C2)ccnc1C. The number of pyridine rings is 1. The van der Waals surface area contributed by atoms with E-state index in [1.807, 2.05) is 13.1 Å². The second kappa shape index (κ2) is 7.36. The van der Waals surface area contributed by atoms with E-state index in [0.29, 0.717) is 17.7 Å². The molecule has 0 bridgehead atoms. The number of ether oxygens (including phenoxy) is 1. The fourth-order valence-electron chi connectivity index (χ4n) is 5.48. The maximum absolute atomic E-state index is 13.2. The van der Waals surface area contributed by atoms with Gasteiger partial charge >= 0.3 is 0 Å². The average Bonchev–Trinajstić information content (AvgIpc) is 3.25. The smallest absolute Gasteiger partial charge is 0.226 e. The van der Waals surface area contributed by atoms with Crippen LogP contribution in [0.25, 0.3) is 0 Å². The van der Waals surface area contributed by atoms with Crippen LogP contribution in [0, 0.1) is 24.7 Å². The van der Waals surface area contributed by atoms with Gasteiger partial charge in [-0.25, -0.2) is 0 Å². The Balaban J connectivity index is 1.45. The number of likely N-dealkylation sites (tertiary alicyclic amines) is 1. The lowest BCUT2D eigenvalue weighted by Gasteiger charge is -2.35. The molecule has 0 spiro atoms. The molecule has 3 atom stereocenters. The molecule has 5 heteroatoms. The molecule has 2 saturated heterocycles. The molecule has 1 aromatic carbocycles. The highest BCUT2D eigenvalue weighted by Crippen LogP contribution is 2.48. The number of fused-ring (bicyclic) bond motifs is 1. The Labute approximate surface area is 172 Å². The van der Waals surface area contributed by atoms with Gasteiger partial charge in [0.05, 0.1) is 24.5 Å². The molecule has 1 amide bonds. The molecule has 5 nitrogen and oxygen atoms in total. The number of hydrogen-bond acceptors (Lipinski definition) is 4. The Kier molecular flexibility index (Phi) is 4.69. The second-order valence-electron chi connectivity index (χ2n) is 8.75. The van der Waals surface area contributed by atoms with Crippen molar-refractivity contribution in [1.29, 1.82) is 0 Å². The van der Waals surface area contributed by atoms with E-state index in [1.54, 1.807) is 7.11 Å². The van der Waals surface area contributed by atoms with E-state index in [0.717, 1.165) is 49.6 Å². The summed E-state index contributed by atoms with van der Waals surface area (Å²) in [5.41, 5.74) is 3.31. The van der Waals surface area contributed by atoms with Crippen LogP contribution in [0.4, 0.5) is 5.69 Å². The van der Waals surface area contributed by atoms with Gasteiger partial charge in [0.2, 0.25) is 5.91 Å². The summed E-state index contributed by atoms with van der Waals surface area (Å²) in [5.74, 6) is 2.43. The summed E-state index contributed by atoms with van der Waals surface area (Å²) in [6, 6.07) is 12.9. The average molecular weight is 392 g/mol. The molecule has 2 aliphatic heterocycles. The Bertz CT molecular complexity index is 896. The fourth-order valence-corrected chi connectivity index (χ4v) is 5.48. The van der Waals surface area contributed by atoms with Gasteiger partial charge in [0, 0.05) is 43.6 Å². The van der Waals surface area contributed by atoms with Crippen LogP contribution < -0.4 is 9.64 Å². The van der Waals surface area contributed by atoms with Gasteiger partial charge in [0.15, 0.2) is 5.75 Å². The molecule has 29 heavy (non-hydrogen) atoms. The summed E-state index contributed by atoms with van der Waals surface area (Å²) in [6.07, 6.45) is 5.18. The Morgan fingerprint density at radius 1 is 1.10 bits per heavy atom. The molecule has 0 N–H and O–H groups in total. The fraction of sp³-hybridized carbons (Fsp3) is 0.500. The van der Waals surface area contributed by atoms with E-state index in [9.17, 15) is 4.79 Å². The number of anilines is 1. The monoisotopic (exact) mass is 391 g/mol. The van der Waals surface area contributed by atoms with Crippen LogP contribution in [0.1, 0.15) is 36.6 Å². The molecular formula is C24H29N3O2. The normalized spacial score (nSPS) is 26.3. The molecule has 5 rings (SSSR count). The van der Waals surface area contributed by atoms with Gasteiger partial charge in [0.25, 0.3) is 0 Å². The van der Waals surface area contributed by atoms with Gasteiger partial charge in [-0.15, -0.1) is 0 Å². The first-order valence-electron chi connectivity index (χ1n) is 10.8. The third-order valence-corrected chi connectivity index (χ3v) is 7.15. The van der Waals surface area contributed by atoms with Crippen molar-refractivity contribution in [3.63, 3.8) is 0 Å². The van der Waals surface area contributed by atoms with Crippen LogP contribution in [0.15, 0.2) is 42.6 Å². The number of aromatic nitrogens is 1. The zero-order valence-corrected chi connectivity index (χ0v) is 17.3. The molecule has 1 aliphatic carbocycles. The zero-order chi connectivity index (χ0) is 20.0. The number of hydrogen-bond donors (Lipinski definition) is 0. The first kappa shape index (κ1) is 18.5. The highest BCUT2D eigenvalue weighted by Gasteiger charge is 2.50. The third kappa shape index (κ3) is 3.07. The van der Waals surface area contributed by atoms with Crippen LogP contribution >= 0.6 is 0 Å². The Morgan fingerprint density at radius 3 is 2.59 bits per heavy atom. The summed E-state index contributed by atoms with van der Waals surface area (Å²) in [6.45, 7) is 4.76. The number of carbonyl (C=O) groups excluding carboxylic acids is 1. The predicted molar refractivity (Wildman–Crippen MR) is 113 cm³/mol. The maximum Gasteiger partial charge on any atom is 0.226 e. The van der Waals surface area contributed by atoms with Gasteiger partial charge in [-0.05, 0) is 31.4 Å². The standard InChI is InChI=1S/C24H29N3O2/c1-16-23(29-2)21(11-12-25-16)26-13-19-14-27(24(28)18-9-6-10-18)22(20(19)15-26)17-7-4-3-5-8-17/h3-5,7-8,11-12,18-20,22H,6,9-10,13-15H2,1-2H3/t19-,20-,22+/m0/s1. The number of carbonyl (C=O) groups is 1. The van der Waals surface area contributed by atoms with Crippen molar-refractivity contribution in [3.8, 4) is 5.75 Å². The molecule has 0 unspecified atom stereocenters. The predicted octanol–water partition coefficient (Wildman–Crippen LogP) is 3.83. The Hall–Kier alpha value is -2.56. The first-order valence-corrected chi connectivity index (χ1v) is 10.8. The minimum Gasteiger partial charge on any atom is -0.493 e. The van der Waals surface area contributed by atoms with Crippen molar-refractivity contribution in [1.82, 2.24) is 9.88 Å². The van der Waals surface area contributed by atoms with Crippen molar-refractivity contribution < 1.29 is 9.53 Å². The van der Waals surface area contributed by atoms with Crippen molar-refractivity contribution >= 4 is 11.6 Å². The summed E-state index contributed by atoms with van der Waals surface area (Å²) >= 11 is 0. The molecule has 1 saturated carbocycles. The molecule has 3 fully saturated rings. The number of aryl methyl sites for hydroxylation is 1. The van der Waals surface area contributed by atoms with E-state index < -0.39 is 0 Å². The van der Waals surface area contributed by atoms with E-state index in [2.05, 4.69) is 51.2 Å². The number of rotatable bonds is 4. The van der Waals surface area contributed by atoms with Crippen LogP contribution in [0.5, 0.6) is 5.75 Å². The summed E-state index contributed by atoms with van der Waals surface area (Å²) in [5, 5.41) is 0. The van der Waals surface area contributed by atoms with Gasteiger partial charge < -0.3 is 14.5 Å². The maximum atomic E-state index is 13.2.